The van der Waals surface area contributed by atoms with Crippen molar-refractivity contribution in [2.45, 2.75) is 44.9 Å². The van der Waals surface area contributed by atoms with Crippen LogP contribution in [0.1, 0.15) is 25.8 Å². The minimum absolute atomic E-state index is 0. The zero-order chi connectivity index (χ0) is 17.5. The first kappa shape index (κ1) is 24.7. The van der Waals surface area contributed by atoms with Crippen LogP contribution in [0.4, 0.5) is 0 Å². The molecule has 148 valence electrons. The average molecular weight is 406 g/mol. The number of carbonyl (C=O) groups is 2. The predicted molar refractivity (Wildman–Crippen MR) is 107 cm³/mol. The zero-order valence-electron chi connectivity index (χ0n) is 15.2. The lowest BCUT2D eigenvalue weighted by Crippen LogP contribution is -2.64. The Kier molecular flexibility index (Phi) is 11.5. The number of piperazine rings is 1. The van der Waals surface area contributed by atoms with Gasteiger partial charge in [-0.2, -0.15) is 0 Å². The number of hydrogen-bond donors (Lipinski definition) is 3. The third-order valence-electron chi connectivity index (χ3n) is 4.26. The van der Waals surface area contributed by atoms with E-state index in [1.807, 2.05) is 37.3 Å². The van der Waals surface area contributed by atoms with Crippen molar-refractivity contribution in [3.63, 3.8) is 0 Å². The molecule has 1 heterocycles. The maximum absolute atomic E-state index is 12.6. The Morgan fingerprint density at radius 3 is 2.58 bits per heavy atom. The van der Waals surface area contributed by atoms with Crippen molar-refractivity contribution in [3.8, 4) is 0 Å². The second kappa shape index (κ2) is 12.1. The summed E-state index contributed by atoms with van der Waals surface area (Å²) in [5.74, 6) is -0.317. The average Bonchev–Trinajstić information content (AvgIpc) is 2.56. The Labute approximate surface area is 167 Å². The smallest absolute Gasteiger partial charge is 0.242 e. The maximum atomic E-state index is 12.6. The van der Waals surface area contributed by atoms with Gasteiger partial charge in [-0.1, -0.05) is 37.3 Å². The summed E-state index contributed by atoms with van der Waals surface area (Å²) in [6.45, 7) is 5.43. The van der Waals surface area contributed by atoms with Crippen molar-refractivity contribution in [3.05, 3.63) is 35.9 Å². The van der Waals surface area contributed by atoms with Crippen LogP contribution >= 0.6 is 24.8 Å². The number of nitrogens with one attached hydrogen (secondary N) is 2. The molecule has 0 aromatic heterocycles. The molecule has 0 bridgehead atoms. The SMILES string of the molecule is CCCN1CCN[C@@H]([C@@H](O)[C@H](Cc2ccccc2)NC(C)=O)C1=O.Cl.Cl. The van der Waals surface area contributed by atoms with Crippen LogP contribution in [0.5, 0.6) is 0 Å². The molecule has 0 radical (unpaired) electrons. The van der Waals surface area contributed by atoms with Gasteiger partial charge in [0.25, 0.3) is 0 Å². The summed E-state index contributed by atoms with van der Waals surface area (Å²) in [5, 5.41) is 16.7. The highest BCUT2D eigenvalue weighted by Gasteiger charge is 2.37. The second-order valence-corrected chi connectivity index (χ2v) is 6.24. The third kappa shape index (κ3) is 6.76. The van der Waals surface area contributed by atoms with E-state index in [0.29, 0.717) is 26.1 Å². The van der Waals surface area contributed by atoms with Gasteiger partial charge in [0.2, 0.25) is 11.8 Å². The van der Waals surface area contributed by atoms with E-state index in [2.05, 4.69) is 10.6 Å². The van der Waals surface area contributed by atoms with E-state index in [0.717, 1.165) is 12.0 Å². The highest BCUT2D eigenvalue weighted by Crippen LogP contribution is 2.13. The largest absolute Gasteiger partial charge is 0.389 e. The summed E-state index contributed by atoms with van der Waals surface area (Å²) >= 11 is 0. The number of amides is 2. The van der Waals surface area contributed by atoms with Crippen LogP contribution in [0.15, 0.2) is 30.3 Å². The van der Waals surface area contributed by atoms with Crippen LogP contribution in [-0.2, 0) is 16.0 Å². The molecule has 6 nitrogen and oxygen atoms in total. The van der Waals surface area contributed by atoms with Crippen molar-refractivity contribution in [1.29, 1.82) is 0 Å². The van der Waals surface area contributed by atoms with Crippen molar-refractivity contribution < 1.29 is 14.7 Å². The Balaban J connectivity index is 0.00000312. The number of benzene rings is 1. The molecule has 1 aliphatic heterocycles. The summed E-state index contributed by atoms with van der Waals surface area (Å²) < 4.78 is 0. The fraction of sp³-hybridized carbons (Fsp3) is 0.556. The van der Waals surface area contributed by atoms with Crippen LogP contribution in [0.25, 0.3) is 0 Å². The van der Waals surface area contributed by atoms with E-state index >= 15 is 0 Å². The first-order valence-electron chi connectivity index (χ1n) is 8.54. The molecule has 0 aliphatic carbocycles. The molecule has 0 unspecified atom stereocenters. The van der Waals surface area contributed by atoms with E-state index < -0.39 is 18.2 Å². The van der Waals surface area contributed by atoms with Crippen LogP contribution in [0, 0.1) is 0 Å². The third-order valence-corrected chi connectivity index (χ3v) is 4.26. The van der Waals surface area contributed by atoms with E-state index in [1.165, 1.54) is 6.92 Å². The lowest BCUT2D eigenvalue weighted by molar-refractivity contribution is -0.140. The highest BCUT2D eigenvalue weighted by molar-refractivity contribution is 5.85. The summed E-state index contributed by atoms with van der Waals surface area (Å²) in [6, 6.07) is 8.43. The molecule has 1 aliphatic rings. The topological polar surface area (TPSA) is 81.7 Å². The fourth-order valence-electron chi connectivity index (χ4n) is 3.13. The monoisotopic (exact) mass is 405 g/mol. The van der Waals surface area contributed by atoms with Gasteiger partial charge in [-0.15, -0.1) is 24.8 Å². The van der Waals surface area contributed by atoms with Gasteiger partial charge < -0.3 is 20.6 Å². The number of aliphatic hydroxyl groups excluding tert-OH is 1. The number of rotatable bonds is 7. The maximum Gasteiger partial charge on any atom is 0.242 e. The van der Waals surface area contributed by atoms with Crippen LogP contribution in [0.2, 0.25) is 0 Å². The molecule has 3 N–H and O–H groups in total. The molecule has 1 aromatic rings. The van der Waals surface area contributed by atoms with Gasteiger partial charge in [-0.3, -0.25) is 9.59 Å². The minimum Gasteiger partial charge on any atom is -0.389 e. The van der Waals surface area contributed by atoms with Gasteiger partial charge in [0.05, 0.1) is 12.1 Å². The standard InChI is InChI=1S/C18H27N3O3.2ClH/c1-3-10-21-11-9-19-16(18(21)24)17(23)15(20-13(2)22)12-14-7-5-4-6-8-14;;/h4-8,15-17,19,23H,3,9-12H2,1-2H3,(H,20,22);2*1H/t15-,16-,17-;;/m0../s1. The minimum atomic E-state index is -0.985. The number of hydrogen-bond acceptors (Lipinski definition) is 4. The van der Waals surface area contributed by atoms with Crippen molar-refractivity contribution >= 4 is 36.6 Å². The van der Waals surface area contributed by atoms with E-state index in [1.54, 1.807) is 4.90 Å². The van der Waals surface area contributed by atoms with E-state index in [9.17, 15) is 14.7 Å². The van der Waals surface area contributed by atoms with Gasteiger partial charge >= 0.3 is 0 Å². The highest BCUT2D eigenvalue weighted by atomic mass is 35.5. The zero-order valence-corrected chi connectivity index (χ0v) is 16.8. The van der Waals surface area contributed by atoms with Crippen LogP contribution in [0.3, 0.4) is 0 Å². The molecule has 2 amide bonds. The molecule has 0 saturated carbocycles. The Morgan fingerprint density at radius 1 is 1.35 bits per heavy atom. The van der Waals surface area contributed by atoms with Crippen molar-refractivity contribution in [1.82, 2.24) is 15.5 Å². The number of nitrogens with zero attached hydrogens (tertiary/aromatic N) is 1. The lowest BCUT2D eigenvalue weighted by Gasteiger charge is -2.37. The van der Waals surface area contributed by atoms with Crippen LogP contribution in [-0.4, -0.2) is 59.6 Å². The first-order valence-corrected chi connectivity index (χ1v) is 8.54. The molecule has 8 heteroatoms. The summed E-state index contributed by atoms with van der Waals surface area (Å²) in [4.78, 5) is 25.9. The van der Waals surface area contributed by atoms with Crippen molar-refractivity contribution in [2.24, 2.45) is 0 Å². The summed E-state index contributed by atoms with van der Waals surface area (Å²) in [5.41, 5.74) is 1.00. The summed E-state index contributed by atoms with van der Waals surface area (Å²) in [7, 11) is 0. The number of aliphatic hydroxyl groups is 1. The lowest BCUT2D eigenvalue weighted by atomic mass is 9.94. The van der Waals surface area contributed by atoms with Gasteiger partial charge in [-0.05, 0) is 18.4 Å². The van der Waals surface area contributed by atoms with E-state index in [-0.39, 0.29) is 36.6 Å². The number of carbonyl (C=O) groups excluding carboxylic acids is 2. The van der Waals surface area contributed by atoms with Gasteiger partial charge in [0.1, 0.15) is 6.04 Å². The molecule has 2 rings (SSSR count). The van der Waals surface area contributed by atoms with Gasteiger partial charge in [-0.25, -0.2) is 0 Å². The van der Waals surface area contributed by atoms with Gasteiger partial charge in [0.15, 0.2) is 0 Å². The van der Waals surface area contributed by atoms with Crippen LogP contribution < -0.4 is 10.6 Å². The van der Waals surface area contributed by atoms with E-state index in [4.69, 9.17) is 0 Å². The fourth-order valence-corrected chi connectivity index (χ4v) is 3.13. The van der Waals surface area contributed by atoms with Gasteiger partial charge in [0, 0.05) is 26.6 Å². The Hall–Kier alpha value is -1.34. The molecule has 1 aromatic carbocycles. The quantitative estimate of drug-likeness (QED) is 0.635. The molecule has 26 heavy (non-hydrogen) atoms. The molecular weight excluding hydrogens is 377 g/mol. The molecular formula is C18H29Cl2N3O3. The molecule has 1 fully saturated rings. The number of halogens is 2. The second-order valence-electron chi connectivity index (χ2n) is 6.24. The summed E-state index contributed by atoms with van der Waals surface area (Å²) in [6.07, 6.45) is 0.371. The first-order chi connectivity index (χ1) is 11.5. The van der Waals surface area contributed by atoms with Crippen molar-refractivity contribution in [2.75, 3.05) is 19.6 Å². The Morgan fingerprint density at radius 2 is 2.00 bits per heavy atom. The Bertz CT molecular complexity index is 558. The molecule has 0 spiro atoms. The normalized spacial score (nSPS) is 19.0. The molecule has 3 atom stereocenters. The molecule has 1 saturated heterocycles. The predicted octanol–water partition coefficient (Wildman–Crippen LogP) is 1.15.